The second-order valence-corrected chi connectivity index (χ2v) is 4.14. The Balaban J connectivity index is 2.39. The van der Waals surface area contributed by atoms with Gasteiger partial charge in [0.25, 0.3) is 0 Å². The van der Waals surface area contributed by atoms with Crippen LogP contribution in [0.2, 0.25) is 0 Å². The molecule has 0 fully saturated rings. The molecule has 0 aliphatic rings. The van der Waals surface area contributed by atoms with Crippen LogP contribution in [-0.4, -0.2) is 13.3 Å². The van der Waals surface area contributed by atoms with Crippen LogP contribution >= 0.6 is 0 Å². The molecule has 0 radical (unpaired) electrons. The van der Waals surface area contributed by atoms with Crippen LogP contribution in [0.15, 0.2) is 30.5 Å². The highest BCUT2D eigenvalue weighted by molar-refractivity contribution is 7.77. The summed E-state index contributed by atoms with van der Waals surface area (Å²) in [5.41, 5.74) is 2.15. The summed E-state index contributed by atoms with van der Waals surface area (Å²) in [7, 11) is 1.96. The SMILES string of the molecule is Cn1cc(CNS(=O)O)c2ccccc21. The molecular weight excluding hydrogens is 212 g/mol. The molecular formula is C10H12N2O2S. The van der Waals surface area contributed by atoms with Crippen molar-refractivity contribution >= 4 is 22.2 Å². The summed E-state index contributed by atoms with van der Waals surface area (Å²) in [6.45, 7) is 0.393. The quantitative estimate of drug-likeness (QED) is 0.774. The molecule has 1 atom stereocenters. The lowest BCUT2D eigenvalue weighted by Crippen LogP contribution is -2.14. The first-order chi connectivity index (χ1) is 7.18. The molecule has 0 aliphatic carbocycles. The van der Waals surface area contributed by atoms with Crippen LogP contribution in [0.3, 0.4) is 0 Å². The van der Waals surface area contributed by atoms with E-state index in [2.05, 4.69) is 4.72 Å². The number of benzene rings is 1. The molecule has 2 rings (SSSR count). The Bertz CT molecular complexity index is 507. The Labute approximate surface area is 90.3 Å². The fourth-order valence-electron chi connectivity index (χ4n) is 1.71. The number of hydrogen-bond donors (Lipinski definition) is 2. The molecule has 0 aliphatic heterocycles. The molecule has 2 N–H and O–H groups in total. The number of nitrogens with zero attached hydrogens (tertiary/aromatic N) is 1. The molecule has 1 heterocycles. The molecule has 0 saturated carbocycles. The molecule has 4 nitrogen and oxygen atoms in total. The molecule has 1 aromatic heterocycles. The van der Waals surface area contributed by atoms with Gasteiger partial charge in [-0.3, -0.25) is 4.55 Å². The average Bonchev–Trinajstić information content (AvgIpc) is 2.54. The molecule has 80 valence electrons. The van der Waals surface area contributed by atoms with E-state index in [1.54, 1.807) is 0 Å². The van der Waals surface area contributed by atoms with E-state index >= 15 is 0 Å². The van der Waals surface area contributed by atoms with Crippen molar-refractivity contribution in [2.75, 3.05) is 0 Å². The van der Waals surface area contributed by atoms with E-state index in [1.165, 1.54) is 0 Å². The summed E-state index contributed by atoms with van der Waals surface area (Å²) in [5, 5.41) is 1.11. The van der Waals surface area contributed by atoms with E-state index in [-0.39, 0.29) is 0 Å². The Morgan fingerprint density at radius 3 is 2.93 bits per heavy atom. The first kappa shape index (κ1) is 10.4. The van der Waals surface area contributed by atoms with Gasteiger partial charge >= 0.3 is 0 Å². The van der Waals surface area contributed by atoms with Gasteiger partial charge in [-0.2, -0.15) is 0 Å². The van der Waals surface area contributed by atoms with Gasteiger partial charge in [0.1, 0.15) is 0 Å². The van der Waals surface area contributed by atoms with Crippen LogP contribution in [-0.2, 0) is 24.9 Å². The maximum atomic E-state index is 10.5. The summed E-state index contributed by atoms with van der Waals surface area (Å²) in [5.74, 6) is 0. The molecule has 0 saturated heterocycles. The maximum Gasteiger partial charge on any atom is 0.232 e. The predicted octanol–water partition coefficient (Wildman–Crippen LogP) is 1.40. The minimum absolute atomic E-state index is 0.393. The third kappa shape index (κ3) is 2.09. The number of para-hydroxylation sites is 1. The molecule has 0 bridgehead atoms. The zero-order valence-electron chi connectivity index (χ0n) is 8.30. The van der Waals surface area contributed by atoms with Gasteiger partial charge in [0.2, 0.25) is 11.3 Å². The topological polar surface area (TPSA) is 54.3 Å². The van der Waals surface area contributed by atoms with Crippen molar-refractivity contribution in [2.45, 2.75) is 6.54 Å². The monoisotopic (exact) mass is 224 g/mol. The molecule has 0 amide bonds. The smallest absolute Gasteiger partial charge is 0.232 e. The Morgan fingerprint density at radius 2 is 2.20 bits per heavy atom. The summed E-state index contributed by atoms with van der Waals surface area (Å²) in [6.07, 6.45) is 1.96. The van der Waals surface area contributed by atoms with Gasteiger partial charge in [-0.05, 0) is 11.6 Å². The second kappa shape index (κ2) is 4.14. The Hall–Kier alpha value is -1.17. The molecule has 15 heavy (non-hydrogen) atoms. The van der Waals surface area contributed by atoms with E-state index in [1.807, 2.05) is 42.1 Å². The first-order valence-corrected chi connectivity index (χ1v) is 5.66. The predicted molar refractivity (Wildman–Crippen MR) is 60.5 cm³/mol. The zero-order valence-corrected chi connectivity index (χ0v) is 9.12. The van der Waals surface area contributed by atoms with Crippen molar-refractivity contribution in [1.82, 2.24) is 9.29 Å². The minimum Gasteiger partial charge on any atom is -0.350 e. The summed E-state index contributed by atoms with van der Waals surface area (Å²) in [6, 6.07) is 7.97. The van der Waals surface area contributed by atoms with Gasteiger partial charge in [0.15, 0.2) is 0 Å². The number of rotatable bonds is 3. The Kier molecular flexibility index (Phi) is 2.86. The summed E-state index contributed by atoms with van der Waals surface area (Å²) >= 11 is -1.96. The van der Waals surface area contributed by atoms with Crippen molar-refractivity contribution in [3.63, 3.8) is 0 Å². The standard InChI is InChI=1S/C10H12N2O2S/c1-12-7-8(6-11-15(13)14)9-4-2-3-5-10(9)12/h2-5,7,11H,6H2,1H3,(H,13,14). The van der Waals surface area contributed by atoms with Crippen LogP contribution in [0.1, 0.15) is 5.56 Å². The highest BCUT2D eigenvalue weighted by Gasteiger charge is 2.05. The molecule has 1 unspecified atom stereocenters. The van der Waals surface area contributed by atoms with Crippen LogP contribution in [0.5, 0.6) is 0 Å². The van der Waals surface area contributed by atoms with Gasteiger partial charge in [-0.25, -0.2) is 8.93 Å². The largest absolute Gasteiger partial charge is 0.350 e. The number of aryl methyl sites for hydroxylation is 1. The average molecular weight is 224 g/mol. The molecule has 2 aromatic rings. The number of hydrogen-bond acceptors (Lipinski definition) is 1. The van der Waals surface area contributed by atoms with Crippen molar-refractivity contribution in [2.24, 2.45) is 7.05 Å². The normalized spacial score (nSPS) is 13.2. The highest BCUT2D eigenvalue weighted by Crippen LogP contribution is 2.19. The number of fused-ring (bicyclic) bond motifs is 1. The highest BCUT2D eigenvalue weighted by atomic mass is 32.2. The van der Waals surface area contributed by atoms with E-state index in [4.69, 9.17) is 4.55 Å². The second-order valence-electron chi connectivity index (χ2n) is 3.35. The zero-order chi connectivity index (χ0) is 10.8. The molecule has 0 spiro atoms. The van der Waals surface area contributed by atoms with Crippen molar-refractivity contribution in [1.29, 1.82) is 0 Å². The first-order valence-electron chi connectivity index (χ1n) is 4.56. The van der Waals surface area contributed by atoms with Crippen LogP contribution in [0.4, 0.5) is 0 Å². The third-order valence-electron chi connectivity index (χ3n) is 2.37. The molecule has 1 aromatic carbocycles. The lowest BCUT2D eigenvalue weighted by molar-refractivity contribution is 0.549. The van der Waals surface area contributed by atoms with E-state index in [0.717, 1.165) is 16.5 Å². The summed E-state index contributed by atoms with van der Waals surface area (Å²) in [4.78, 5) is 0. The molecule has 5 heteroatoms. The maximum absolute atomic E-state index is 10.5. The van der Waals surface area contributed by atoms with Crippen molar-refractivity contribution in [3.05, 3.63) is 36.0 Å². The van der Waals surface area contributed by atoms with Gasteiger partial charge in [-0.1, -0.05) is 18.2 Å². The van der Waals surface area contributed by atoms with Crippen LogP contribution in [0, 0.1) is 0 Å². The fourth-order valence-corrected chi connectivity index (χ4v) is 1.98. The van der Waals surface area contributed by atoms with Gasteiger partial charge in [0.05, 0.1) is 0 Å². The summed E-state index contributed by atoms with van der Waals surface area (Å²) < 4.78 is 23.6. The van der Waals surface area contributed by atoms with Crippen LogP contribution < -0.4 is 4.72 Å². The van der Waals surface area contributed by atoms with E-state index in [0.29, 0.717) is 6.54 Å². The number of aromatic nitrogens is 1. The van der Waals surface area contributed by atoms with Gasteiger partial charge in [-0.15, -0.1) is 0 Å². The number of nitrogens with one attached hydrogen (secondary N) is 1. The van der Waals surface area contributed by atoms with Gasteiger partial charge < -0.3 is 4.57 Å². The van der Waals surface area contributed by atoms with Crippen molar-refractivity contribution in [3.8, 4) is 0 Å². The minimum atomic E-state index is -1.96. The van der Waals surface area contributed by atoms with Gasteiger partial charge in [0, 0.05) is 30.7 Å². The Morgan fingerprint density at radius 1 is 1.47 bits per heavy atom. The lowest BCUT2D eigenvalue weighted by atomic mass is 10.2. The van der Waals surface area contributed by atoms with Crippen LogP contribution in [0.25, 0.3) is 10.9 Å². The van der Waals surface area contributed by atoms with Crippen molar-refractivity contribution < 1.29 is 8.76 Å². The van der Waals surface area contributed by atoms with E-state index in [9.17, 15) is 4.21 Å². The lowest BCUT2D eigenvalue weighted by Gasteiger charge is -1.97. The third-order valence-corrected chi connectivity index (χ3v) is 2.76. The van der Waals surface area contributed by atoms with E-state index < -0.39 is 11.3 Å². The fraction of sp³-hybridized carbons (Fsp3) is 0.200.